The highest BCUT2D eigenvalue weighted by Crippen LogP contribution is 2.55. The zero-order valence-electron chi connectivity index (χ0n) is 42.5. The van der Waals surface area contributed by atoms with Crippen molar-refractivity contribution in [1.29, 1.82) is 0 Å². The minimum absolute atomic E-state index is 0.0134. The zero-order chi connectivity index (χ0) is 47.3. The van der Waals surface area contributed by atoms with Crippen LogP contribution in [-0.2, 0) is 27.1 Å². The van der Waals surface area contributed by atoms with Gasteiger partial charge in [0.1, 0.15) is 0 Å². The van der Waals surface area contributed by atoms with Gasteiger partial charge in [0, 0.05) is 51.2 Å². The van der Waals surface area contributed by atoms with Crippen molar-refractivity contribution < 1.29 is 0 Å². The molecule has 0 spiro atoms. The fraction of sp³-hybridized carbons (Fsp3) is 0.333. The van der Waals surface area contributed by atoms with Gasteiger partial charge in [-0.2, -0.15) is 0 Å². The summed E-state index contributed by atoms with van der Waals surface area (Å²) in [6.07, 6.45) is 2.24. The quantitative estimate of drug-likeness (QED) is 0.160. The largest absolute Gasteiger partial charge is 0.311 e. The van der Waals surface area contributed by atoms with Crippen molar-refractivity contribution in [3.63, 3.8) is 0 Å². The maximum atomic E-state index is 2.66. The van der Waals surface area contributed by atoms with E-state index in [-0.39, 0.29) is 33.8 Å². The third-order valence-corrected chi connectivity index (χ3v) is 16.2. The van der Waals surface area contributed by atoms with E-state index in [0.717, 1.165) is 29.9 Å². The Morgan fingerprint density at radius 1 is 0.433 bits per heavy atom. The lowest BCUT2D eigenvalue weighted by Crippen LogP contribution is -2.61. The van der Waals surface area contributed by atoms with Crippen molar-refractivity contribution in [3.8, 4) is 0 Å². The second-order valence-electron chi connectivity index (χ2n) is 24.4. The second kappa shape index (κ2) is 14.5. The summed E-state index contributed by atoms with van der Waals surface area (Å²) in [7, 11) is 0. The molecule has 0 aromatic heterocycles. The summed E-state index contributed by atoms with van der Waals surface area (Å²) in [5.41, 5.74) is 26.6. The van der Waals surface area contributed by atoms with Gasteiger partial charge in [-0.25, -0.2) is 0 Å². The first kappa shape index (κ1) is 43.6. The minimum Gasteiger partial charge on any atom is -0.311 e. The molecule has 2 aliphatic carbocycles. The molecule has 0 saturated heterocycles. The van der Waals surface area contributed by atoms with E-state index in [1.807, 2.05) is 0 Å². The van der Waals surface area contributed by atoms with Crippen LogP contribution in [0.4, 0.5) is 51.2 Å². The van der Waals surface area contributed by atoms with Gasteiger partial charge in [0.2, 0.25) is 0 Å². The summed E-state index contributed by atoms with van der Waals surface area (Å²) < 4.78 is 0. The first-order chi connectivity index (χ1) is 31.6. The average molecular weight is 878 g/mol. The van der Waals surface area contributed by atoms with Gasteiger partial charge in [-0.1, -0.05) is 137 Å². The maximum absolute atomic E-state index is 2.66. The second-order valence-corrected chi connectivity index (χ2v) is 24.4. The number of nitrogens with zero attached hydrogens (tertiary/aromatic N) is 3. The van der Waals surface area contributed by atoms with E-state index in [0.29, 0.717) is 0 Å². The predicted octanol–water partition coefficient (Wildman–Crippen LogP) is 15.4. The number of benzene rings is 7. The van der Waals surface area contributed by atoms with E-state index >= 15 is 0 Å². The molecule has 338 valence electrons. The summed E-state index contributed by atoms with van der Waals surface area (Å²) in [5.74, 6) is 0. The molecule has 67 heavy (non-hydrogen) atoms. The van der Waals surface area contributed by atoms with Crippen LogP contribution in [0.25, 0.3) is 0 Å². The van der Waals surface area contributed by atoms with Gasteiger partial charge in [0.05, 0.1) is 0 Å². The summed E-state index contributed by atoms with van der Waals surface area (Å²) in [5, 5.41) is 0. The van der Waals surface area contributed by atoms with Gasteiger partial charge in [0.15, 0.2) is 0 Å². The summed E-state index contributed by atoms with van der Waals surface area (Å²) in [4.78, 5) is 7.76. The molecule has 4 heteroatoms. The van der Waals surface area contributed by atoms with Crippen molar-refractivity contribution in [2.45, 2.75) is 137 Å². The first-order valence-electron chi connectivity index (χ1n) is 24.8. The normalized spacial score (nSPS) is 17.7. The molecule has 2 heterocycles. The van der Waals surface area contributed by atoms with Gasteiger partial charge in [-0.05, 0) is 194 Å². The lowest BCUT2D eigenvalue weighted by Gasteiger charge is -2.46. The molecular formula is C63H68BN3. The average Bonchev–Trinajstić information content (AvgIpc) is 3.56. The number of hydrogen-bond acceptors (Lipinski definition) is 3. The molecule has 0 radical (unpaired) electrons. The van der Waals surface area contributed by atoms with Crippen LogP contribution in [0.5, 0.6) is 0 Å². The molecule has 0 saturated carbocycles. The van der Waals surface area contributed by atoms with E-state index in [4.69, 9.17) is 0 Å². The Kier molecular flexibility index (Phi) is 9.43. The predicted molar refractivity (Wildman–Crippen MR) is 289 cm³/mol. The molecule has 3 nitrogen and oxygen atoms in total. The zero-order valence-corrected chi connectivity index (χ0v) is 42.5. The molecule has 4 aliphatic rings. The third-order valence-electron chi connectivity index (χ3n) is 16.2. The highest BCUT2D eigenvalue weighted by molar-refractivity contribution is 7.00. The Labute approximate surface area is 402 Å². The molecule has 0 atom stereocenters. The standard InChI is InChI=1S/C63H68BN3/c1-39-29-56-58-57(30-39)67(54-35-48-46(32-41(54)3)60(7,8)37-62(48,11)12)53-28-26-45(65(43-21-17-15-18-22-43)44-23-19-16-20-24-44)33-50(53)64(58)51-34-47-49(63(13,14)38-61(47,9)10)36-55(51)66(56)52-27-25-42(31-40(52)2)59(4,5)6/h15-36H,37-38H2,1-14H3. The minimum atomic E-state index is -0.0134. The smallest absolute Gasteiger partial charge is 0.252 e. The van der Waals surface area contributed by atoms with Crippen LogP contribution < -0.4 is 31.1 Å². The Morgan fingerprint density at radius 2 is 0.896 bits per heavy atom. The highest BCUT2D eigenvalue weighted by atomic mass is 15.2. The summed E-state index contributed by atoms with van der Waals surface area (Å²) in [6.45, 7) is 33.6. The Morgan fingerprint density at radius 3 is 1.43 bits per heavy atom. The molecule has 0 unspecified atom stereocenters. The van der Waals surface area contributed by atoms with Crippen LogP contribution in [0.2, 0.25) is 0 Å². The van der Waals surface area contributed by atoms with Gasteiger partial charge in [-0.3, -0.25) is 0 Å². The van der Waals surface area contributed by atoms with E-state index in [1.165, 1.54) is 95.0 Å². The molecule has 0 fully saturated rings. The van der Waals surface area contributed by atoms with Crippen LogP contribution in [0.3, 0.4) is 0 Å². The van der Waals surface area contributed by atoms with Crippen molar-refractivity contribution in [2.24, 2.45) is 0 Å². The fourth-order valence-electron chi connectivity index (χ4n) is 13.6. The number of fused-ring (bicyclic) bond motifs is 6. The number of rotatable bonds is 5. The highest BCUT2D eigenvalue weighted by Gasteiger charge is 2.49. The Hall–Kier alpha value is -6.00. The van der Waals surface area contributed by atoms with E-state index in [9.17, 15) is 0 Å². The van der Waals surface area contributed by atoms with E-state index < -0.39 is 0 Å². The molecule has 2 aliphatic heterocycles. The van der Waals surface area contributed by atoms with Gasteiger partial charge in [-0.15, -0.1) is 0 Å². The lowest BCUT2D eigenvalue weighted by atomic mass is 9.33. The molecule has 0 amide bonds. The number of para-hydroxylation sites is 2. The Balaban J connectivity index is 1.26. The van der Waals surface area contributed by atoms with Crippen LogP contribution in [0.1, 0.15) is 134 Å². The van der Waals surface area contributed by atoms with Gasteiger partial charge >= 0.3 is 0 Å². The monoisotopic (exact) mass is 878 g/mol. The molecule has 7 aromatic carbocycles. The number of hydrogen-bond donors (Lipinski definition) is 0. The van der Waals surface area contributed by atoms with Gasteiger partial charge < -0.3 is 14.7 Å². The van der Waals surface area contributed by atoms with Crippen LogP contribution in [-0.4, -0.2) is 6.71 Å². The number of anilines is 9. The number of aryl methyl sites for hydroxylation is 3. The summed E-state index contributed by atoms with van der Waals surface area (Å²) >= 11 is 0. The van der Waals surface area contributed by atoms with Crippen molar-refractivity contribution in [3.05, 3.63) is 178 Å². The molecular weight excluding hydrogens is 810 g/mol. The lowest BCUT2D eigenvalue weighted by molar-refractivity contribution is 0.402. The fourth-order valence-corrected chi connectivity index (χ4v) is 13.6. The maximum Gasteiger partial charge on any atom is 0.252 e. The van der Waals surface area contributed by atoms with Crippen LogP contribution in [0.15, 0.2) is 133 Å². The van der Waals surface area contributed by atoms with E-state index in [2.05, 4.69) is 245 Å². The van der Waals surface area contributed by atoms with Gasteiger partial charge in [0.25, 0.3) is 6.71 Å². The van der Waals surface area contributed by atoms with Crippen LogP contribution in [0, 0.1) is 20.8 Å². The van der Waals surface area contributed by atoms with Crippen molar-refractivity contribution in [1.82, 2.24) is 0 Å². The molecule has 0 N–H and O–H groups in total. The van der Waals surface area contributed by atoms with Crippen LogP contribution >= 0.6 is 0 Å². The van der Waals surface area contributed by atoms with Crippen molar-refractivity contribution in [2.75, 3.05) is 14.7 Å². The van der Waals surface area contributed by atoms with Crippen molar-refractivity contribution >= 4 is 74.3 Å². The van der Waals surface area contributed by atoms with E-state index in [1.54, 1.807) is 0 Å². The molecule has 0 bridgehead atoms. The molecule has 7 aromatic rings. The third kappa shape index (κ3) is 6.67. The summed E-state index contributed by atoms with van der Waals surface area (Å²) in [6, 6.07) is 51.7. The topological polar surface area (TPSA) is 9.72 Å². The molecule has 11 rings (SSSR count). The SMILES string of the molecule is Cc1cc2c3c(c1)N(c1ccc(C(C)(C)C)cc1C)c1cc4c(cc1B3c1cc(N(c3ccccc3)c3ccccc3)ccc1N2c1cc2c(cc1C)C(C)(C)CC2(C)C)C(C)(C)CC4(C)C. The Bertz CT molecular complexity index is 3130. The first-order valence-corrected chi connectivity index (χ1v) is 24.8.